The van der Waals surface area contributed by atoms with E-state index >= 15 is 0 Å². The minimum absolute atomic E-state index is 0. The van der Waals surface area contributed by atoms with Crippen molar-refractivity contribution in [1.82, 2.24) is 10.6 Å². The van der Waals surface area contributed by atoms with Gasteiger partial charge >= 0.3 is 0 Å². The van der Waals surface area contributed by atoms with Crippen molar-refractivity contribution in [1.29, 1.82) is 0 Å². The number of nitrogens with one attached hydrogen (secondary N) is 2. The summed E-state index contributed by atoms with van der Waals surface area (Å²) in [6, 6.07) is 0.586. The van der Waals surface area contributed by atoms with Crippen LogP contribution in [0.4, 0.5) is 0 Å². The Morgan fingerprint density at radius 3 is 2.79 bits per heavy atom. The van der Waals surface area contributed by atoms with E-state index in [0.29, 0.717) is 6.04 Å². The summed E-state index contributed by atoms with van der Waals surface area (Å²) in [5.41, 5.74) is 0. The highest BCUT2D eigenvalue weighted by atomic mass is 127. The first-order chi connectivity index (χ1) is 8.80. The Kier molecular flexibility index (Phi) is 12.3. The molecule has 0 spiro atoms. The maximum absolute atomic E-state index is 5.03. The third kappa shape index (κ3) is 8.24. The van der Waals surface area contributed by atoms with Crippen LogP contribution in [0.25, 0.3) is 0 Å². The fourth-order valence-electron chi connectivity index (χ4n) is 2.20. The van der Waals surface area contributed by atoms with E-state index in [0.717, 1.165) is 37.3 Å². The number of aliphatic imine (C=N–C) groups is 1. The second-order valence-electron chi connectivity index (χ2n) is 4.62. The van der Waals surface area contributed by atoms with E-state index in [1.807, 2.05) is 11.8 Å². The average Bonchev–Trinajstić information content (AvgIpc) is 2.82. The van der Waals surface area contributed by atoms with E-state index in [-0.39, 0.29) is 24.0 Å². The second-order valence-corrected chi connectivity index (χ2v) is 5.76. The van der Waals surface area contributed by atoms with Gasteiger partial charge in [-0.1, -0.05) is 0 Å². The van der Waals surface area contributed by atoms with Gasteiger partial charge in [-0.3, -0.25) is 4.99 Å². The van der Waals surface area contributed by atoms with Gasteiger partial charge in [0.2, 0.25) is 0 Å². The first-order valence-corrected chi connectivity index (χ1v) is 8.15. The van der Waals surface area contributed by atoms with Crippen LogP contribution in [0.1, 0.15) is 32.6 Å². The molecule has 1 aliphatic carbocycles. The lowest BCUT2D eigenvalue weighted by Gasteiger charge is -2.17. The van der Waals surface area contributed by atoms with E-state index < -0.39 is 0 Å². The molecule has 1 fully saturated rings. The number of nitrogens with zero attached hydrogens (tertiary/aromatic N) is 1. The third-order valence-corrected chi connectivity index (χ3v) is 4.27. The van der Waals surface area contributed by atoms with Gasteiger partial charge in [0.15, 0.2) is 5.96 Å². The summed E-state index contributed by atoms with van der Waals surface area (Å²) >= 11 is 1.98. The molecule has 114 valence electrons. The van der Waals surface area contributed by atoms with E-state index in [1.54, 1.807) is 7.11 Å². The topological polar surface area (TPSA) is 45.7 Å². The molecule has 4 nitrogen and oxygen atoms in total. The summed E-state index contributed by atoms with van der Waals surface area (Å²) in [6.45, 7) is 4.61. The largest absolute Gasteiger partial charge is 0.385 e. The third-order valence-electron chi connectivity index (χ3n) is 3.18. The monoisotopic (exact) mass is 401 g/mol. The molecule has 0 amide bonds. The molecule has 1 saturated carbocycles. The van der Waals surface area contributed by atoms with Crippen LogP contribution in [-0.4, -0.2) is 50.3 Å². The highest BCUT2D eigenvalue weighted by Crippen LogP contribution is 2.27. The molecule has 1 aliphatic rings. The smallest absolute Gasteiger partial charge is 0.191 e. The highest BCUT2D eigenvalue weighted by Gasteiger charge is 2.24. The Bertz CT molecular complexity index is 254. The summed E-state index contributed by atoms with van der Waals surface area (Å²) in [6.07, 6.45) is 7.02. The van der Waals surface area contributed by atoms with Crippen LogP contribution in [0, 0.1) is 0 Å². The number of guanidine groups is 1. The standard InChI is InChI=1S/C13H27N3OS.HI/c1-4-14-13(15-8-5-9-17-2)16-11-6-7-12(10-11)18-3;/h11-12H,4-10H2,1-3H3,(H2,14,15,16);1H. The van der Waals surface area contributed by atoms with Gasteiger partial charge in [0.1, 0.15) is 0 Å². The Morgan fingerprint density at radius 2 is 2.21 bits per heavy atom. The molecule has 0 heterocycles. The lowest BCUT2D eigenvalue weighted by atomic mass is 10.2. The van der Waals surface area contributed by atoms with Crippen molar-refractivity contribution < 1.29 is 4.74 Å². The predicted octanol–water partition coefficient (Wildman–Crippen LogP) is 2.48. The van der Waals surface area contributed by atoms with Gasteiger partial charge in [0.25, 0.3) is 0 Å². The zero-order valence-corrected chi connectivity index (χ0v) is 15.4. The lowest BCUT2D eigenvalue weighted by molar-refractivity contribution is 0.197. The second kappa shape index (κ2) is 12.1. The van der Waals surface area contributed by atoms with Crippen LogP contribution in [-0.2, 0) is 4.74 Å². The molecular weight excluding hydrogens is 373 g/mol. The normalized spacial score (nSPS) is 23.0. The van der Waals surface area contributed by atoms with Gasteiger partial charge in [0, 0.05) is 38.1 Å². The fourth-order valence-corrected chi connectivity index (χ4v) is 2.99. The van der Waals surface area contributed by atoms with Gasteiger partial charge in [-0.05, 0) is 38.9 Å². The van der Waals surface area contributed by atoms with Crippen molar-refractivity contribution >= 4 is 41.7 Å². The van der Waals surface area contributed by atoms with E-state index in [2.05, 4.69) is 28.8 Å². The lowest BCUT2D eigenvalue weighted by Crippen LogP contribution is -2.42. The van der Waals surface area contributed by atoms with Crippen LogP contribution in [0.5, 0.6) is 0 Å². The van der Waals surface area contributed by atoms with Gasteiger partial charge in [-0.25, -0.2) is 0 Å². The average molecular weight is 401 g/mol. The van der Waals surface area contributed by atoms with E-state index in [1.165, 1.54) is 19.3 Å². The van der Waals surface area contributed by atoms with Gasteiger partial charge in [0.05, 0.1) is 0 Å². The molecule has 2 atom stereocenters. The summed E-state index contributed by atoms with van der Waals surface area (Å²) in [4.78, 5) is 4.57. The van der Waals surface area contributed by atoms with Crippen LogP contribution < -0.4 is 10.6 Å². The molecule has 2 unspecified atom stereocenters. The van der Waals surface area contributed by atoms with Crippen molar-refractivity contribution in [3.63, 3.8) is 0 Å². The van der Waals surface area contributed by atoms with Crippen molar-refractivity contribution in [3.05, 3.63) is 0 Å². The predicted molar refractivity (Wildman–Crippen MR) is 96.0 cm³/mol. The van der Waals surface area contributed by atoms with Crippen LogP contribution in [0.2, 0.25) is 0 Å². The molecule has 0 aliphatic heterocycles. The van der Waals surface area contributed by atoms with Crippen LogP contribution in [0.3, 0.4) is 0 Å². The Labute approximate surface area is 138 Å². The molecule has 0 bridgehead atoms. The fraction of sp³-hybridized carbons (Fsp3) is 0.923. The Hall–Kier alpha value is 0.310. The van der Waals surface area contributed by atoms with Crippen LogP contribution in [0.15, 0.2) is 4.99 Å². The van der Waals surface area contributed by atoms with E-state index in [4.69, 9.17) is 4.74 Å². The van der Waals surface area contributed by atoms with Gasteiger partial charge in [-0.2, -0.15) is 11.8 Å². The maximum Gasteiger partial charge on any atom is 0.191 e. The zero-order chi connectivity index (χ0) is 13.2. The number of thioether (sulfide) groups is 1. The van der Waals surface area contributed by atoms with E-state index in [9.17, 15) is 0 Å². The molecule has 0 aromatic carbocycles. The molecule has 0 aromatic heterocycles. The van der Waals surface area contributed by atoms with Crippen LogP contribution >= 0.6 is 35.7 Å². The van der Waals surface area contributed by atoms with Crippen molar-refractivity contribution in [2.45, 2.75) is 43.9 Å². The van der Waals surface area contributed by atoms with Crippen molar-refractivity contribution in [2.75, 3.05) is 33.1 Å². The molecule has 0 aromatic rings. The summed E-state index contributed by atoms with van der Waals surface area (Å²) in [7, 11) is 1.73. The number of methoxy groups -OCH3 is 1. The number of rotatable bonds is 7. The van der Waals surface area contributed by atoms with Crippen molar-refractivity contribution in [2.24, 2.45) is 4.99 Å². The number of ether oxygens (including phenoxy) is 1. The van der Waals surface area contributed by atoms with Crippen molar-refractivity contribution in [3.8, 4) is 0 Å². The molecule has 6 heteroatoms. The quantitative estimate of drug-likeness (QED) is 0.298. The first-order valence-electron chi connectivity index (χ1n) is 6.86. The number of hydrogen-bond acceptors (Lipinski definition) is 3. The maximum atomic E-state index is 5.03. The summed E-state index contributed by atoms with van der Waals surface area (Å²) in [5.74, 6) is 0.959. The first kappa shape index (κ1) is 19.3. The molecule has 0 radical (unpaired) electrons. The molecule has 19 heavy (non-hydrogen) atoms. The Balaban J connectivity index is 0.00000324. The molecule has 2 N–H and O–H groups in total. The SMILES string of the molecule is CCNC(=NCCCOC)NC1CCC(SC)C1.I. The molecule has 0 saturated heterocycles. The van der Waals surface area contributed by atoms with Gasteiger partial charge < -0.3 is 15.4 Å². The highest BCUT2D eigenvalue weighted by molar-refractivity contribution is 14.0. The molecule has 1 rings (SSSR count). The minimum atomic E-state index is 0. The summed E-state index contributed by atoms with van der Waals surface area (Å²) in [5, 5.41) is 7.67. The number of hydrogen-bond donors (Lipinski definition) is 2. The zero-order valence-electron chi connectivity index (χ0n) is 12.3. The minimum Gasteiger partial charge on any atom is -0.385 e. The number of halogens is 1. The Morgan fingerprint density at radius 1 is 1.42 bits per heavy atom. The van der Waals surface area contributed by atoms with Gasteiger partial charge in [-0.15, -0.1) is 24.0 Å². The molecular formula is C13H28IN3OS. The summed E-state index contributed by atoms with van der Waals surface area (Å²) < 4.78 is 5.03.